The second-order valence-electron chi connectivity index (χ2n) is 4.88. The molecule has 0 aliphatic carbocycles. The van der Waals surface area contributed by atoms with E-state index in [1.807, 2.05) is 6.07 Å². The number of hydrogen-bond donors (Lipinski definition) is 1. The summed E-state index contributed by atoms with van der Waals surface area (Å²) in [6.45, 7) is 2.15. The van der Waals surface area contributed by atoms with E-state index < -0.39 is 0 Å². The number of aryl methyl sites for hydroxylation is 1. The number of nitrogens with one attached hydrogen (secondary N) is 1. The van der Waals surface area contributed by atoms with Gasteiger partial charge in [0.2, 0.25) is 0 Å². The summed E-state index contributed by atoms with van der Waals surface area (Å²) >= 11 is 0. The third-order valence-electron chi connectivity index (χ3n) is 3.41. The molecule has 1 aliphatic heterocycles. The summed E-state index contributed by atoms with van der Waals surface area (Å²) in [5.74, 6) is 0. The summed E-state index contributed by atoms with van der Waals surface area (Å²) in [5.41, 5.74) is 4.65. The number of benzene rings is 1. The van der Waals surface area contributed by atoms with Crippen LogP contribution in [0.3, 0.4) is 0 Å². The Morgan fingerprint density at radius 3 is 2.56 bits per heavy atom. The molecular weight excluding hydrogens is 222 g/mol. The fraction of sp³-hybridized carbons (Fsp3) is 0.533. The van der Waals surface area contributed by atoms with Gasteiger partial charge >= 0.3 is 0 Å². The van der Waals surface area contributed by atoms with Gasteiger partial charge in [0.1, 0.15) is 6.04 Å². The molecule has 0 spiro atoms. The van der Waals surface area contributed by atoms with E-state index in [0.717, 1.165) is 25.9 Å². The topological polar surface area (TPSA) is 39.1 Å². The summed E-state index contributed by atoms with van der Waals surface area (Å²) < 4.78 is 0. The van der Waals surface area contributed by atoms with Crippen LogP contribution in [0.15, 0.2) is 30.3 Å². The molecule has 0 bridgehead atoms. The second kappa shape index (κ2) is 7.15. The predicted octanol–water partition coefficient (Wildman–Crippen LogP) is 2.50. The molecule has 1 saturated heterocycles. The zero-order valence-corrected chi connectivity index (χ0v) is 10.8. The van der Waals surface area contributed by atoms with Crippen LogP contribution in [0.2, 0.25) is 0 Å². The summed E-state index contributed by atoms with van der Waals surface area (Å²) in [5, 5.41) is 11.4. The van der Waals surface area contributed by atoms with Gasteiger partial charge in [-0.25, -0.2) is 10.4 Å². The van der Waals surface area contributed by atoms with E-state index >= 15 is 0 Å². The maximum absolute atomic E-state index is 9.20. The lowest BCUT2D eigenvalue weighted by Gasteiger charge is -2.29. The Morgan fingerprint density at radius 1 is 1.17 bits per heavy atom. The molecule has 18 heavy (non-hydrogen) atoms. The highest BCUT2D eigenvalue weighted by Crippen LogP contribution is 2.09. The van der Waals surface area contributed by atoms with Crippen molar-refractivity contribution in [2.24, 2.45) is 0 Å². The third kappa shape index (κ3) is 4.14. The van der Waals surface area contributed by atoms with E-state index in [4.69, 9.17) is 0 Å². The van der Waals surface area contributed by atoms with Gasteiger partial charge in [0, 0.05) is 13.1 Å². The molecule has 1 N–H and O–H groups in total. The van der Waals surface area contributed by atoms with Crippen molar-refractivity contribution in [1.29, 1.82) is 5.26 Å². The first-order chi connectivity index (χ1) is 8.88. The highest BCUT2D eigenvalue weighted by Gasteiger charge is 2.14. The first-order valence-corrected chi connectivity index (χ1v) is 6.83. The summed E-state index contributed by atoms with van der Waals surface area (Å²) in [6.07, 6.45) is 5.63. The van der Waals surface area contributed by atoms with Gasteiger partial charge < -0.3 is 0 Å². The summed E-state index contributed by atoms with van der Waals surface area (Å²) in [6, 6.07) is 12.7. The number of piperidine rings is 1. The van der Waals surface area contributed by atoms with Gasteiger partial charge in [-0.15, -0.1) is 0 Å². The largest absolute Gasteiger partial charge is 0.243 e. The minimum atomic E-state index is -0.0664. The minimum Gasteiger partial charge on any atom is -0.243 e. The fourth-order valence-electron chi connectivity index (χ4n) is 2.36. The van der Waals surface area contributed by atoms with Gasteiger partial charge in [0.15, 0.2) is 0 Å². The number of rotatable bonds is 5. The van der Waals surface area contributed by atoms with Crippen LogP contribution in [-0.2, 0) is 6.42 Å². The zero-order chi connectivity index (χ0) is 12.6. The maximum Gasteiger partial charge on any atom is 0.108 e. The normalized spacial score (nSPS) is 18.2. The van der Waals surface area contributed by atoms with E-state index in [-0.39, 0.29) is 6.04 Å². The van der Waals surface area contributed by atoms with E-state index in [2.05, 4.69) is 40.8 Å². The van der Waals surface area contributed by atoms with Crippen molar-refractivity contribution in [2.45, 2.75) is 38.1 Å². The van der Waals surface area contributed by atoms with Gasteiger partial charge in [-0.3, -0.25) is 0 Å². The molecule has 1 atom stereocenters. The Bertz CT molecular complexity index is 376. The van der Waals surface area contributed by atoms with Gasteiger partial charge in [-0.2, -0.15) is 5.26 Å². The van der Waals surface area contributed by atoms with Gasteiger partial charge in [-0.05, 0) is 31.2 Å². The Kier molecular flexibility index (Phi) is 5.19. The van der Waals surface area contributed by atoms with Crippen LogP contribution < -0.4 is 5.43 Å². The highest BCUT2D eigenvalue weighted by atomic mass is 15.5. The van der Waals surface area contributed by atoms with Crippen LogP contribution in [0.25, 0.3) is 0 Å². The first-order valence-electron chi connectivity index (χ1n) is 6.83. The molecule has 1 heterocycles. The van der Waals surface area contributed by atoms with Crippen molar-refractivity contribution in [1.82, 2.24) is 10.4 Å². The van der Waals surface area contributed by atoms with E-state index in [0.29, 0.717) is 0 Å². The molecule has 0 aromatic heterocycles. The van der Waals surface area contributed by atoms with Crippen LogP contribution in [-0.4, -0.2) is 24.1 Å². The lowest BCUT2D eigenvalue weighted by Crippen LogP contribution is -2.46. The number of hydrogen-bond acceptors (Lipinski definition) is 3. The van der Waals surface area contributed by atoms with Crippen molar-refractivity contribution in [2.75, 3.05) is 13.1 Å². The molecule has 1 fully saturated rings. The van der Waals surface area contributed by atoms with Crippen molar-refractivity contribution in [3.63, 3.8) is 0 Å². The molecule has 1 aromatic rings. The molecule has 2 rings (SSSR count). The highest BCUT2D eigenvalue weighted by molar-refractivity contribution is 5.15. The first kappa shape index (κ1) is 13.1. The minimum absolute atomic E-state index is 0.0664. The molecule has 0 radical (unpaired) electrons. The fourth-order valence-corrected chi connectivity index (χ4v) is 2.36. The third-order valence-corrected chi connectivity index (χ3v) is 3.41. The molecule has 1 unspecified atom stereocenters. The molecule has 0 saturated carbocycles. The average molecular weight is 243 g/mol. The predicted molar refractivity (Wildman–Crippen MR) is 72.7 cm³/mol. The average Bonchev–Trinajstić information content (AvgIpc) is 2.45. The second-order valence-corrected chi connectivity index (χ2v) is 4.88. The van der Waals surface area contributed by atoms with Crippen LogP contribution in [0.4, 0.5) is 0 Å². The molecule has 3 heteroatoms. The monoisotopic (exact) mass is 243 g/mol. The molecule has 1 aliphatic rings. The van der Waals surface area contributed by atoms with Crippen molar-refractivity contribution in [3.05, 3.63) is 35.9 Å². The van der Waals surface area contributed by atoms with Gasteiger partial charge in [0.05, 0.1) is 6.07 Å². The summed E-state index contributed by atoms with van der Waals surface area (Å²) in [7, 11) is 0. The quantitative estimate of drug-likeness (QED) is 0.863. The summed E-state index contributed by atoms with van der Waals surface area (Å²) in [4.78, 5) is 0. The molecule has 0 amide bonds. The smallest absolute Gasteiger partial charge is 0.108 e. The SMILES string of the molecule is N#CC(CCc1ccccc1)NN1CCCCC1. The van der Waals surface area contributed by atoms with Crippen molar-refractivity contribution >= 4 is 0 Å². The zero-order valence-electron chi connectivity index (χ0n) is 10.8. The van der Waals surface area contributed by atoms with E-state index in [9.17, 15) is 5.26 Å². The van der Waals surface area contributed by atoms with Gasteiger partial charge in [-0.1, -0.05) is 36.8 Å². The standard InChI is InChI=1S/C15H21N3/c16-13-15(17-18-11-5-2-6-12-18)10-9-14-7-3-1-4-8-14/h1,3-4,7-8,15,17H,2,5-6,9-12H2. The number of nitriles is 1. The Hall–Kier alpha value is -1.37. The lowest BCUT2D eigenvalue weighted by atomic mass is 10.1. The van der Waals surface area contributed by atoms with Gasteiger partial charge in [0.25, 0.3) is 0 Å². The Labute approximate surface area is 109 Å². The number of nitrogens with zero attached hydrogens (tertiary/aromatic N) is 2. The van der Waals surface area contributed by atoms with Crippen LogP contribution in [0.5, 0.6) is 0 Å². The Morgan fingerprint density at radius 2 is 1.89 bits per heavy atom. The Balaban J connectivity index is 1.77. The lowest BCUT2D eigenvalue weighted by molar-refractivity contribution is 0.139. The van der Waals surface area contributed by atoms with Crippen molar-refractivity contribution < 1.29 is 0 Å². The molecule has 96 valence electrons. The van der Waals surface area contributed by atoms with Crippen LogP contribution >= 0.6 is 0 Å². The van der Waals surface area contributed by atoms with E-state index in [1.165, 1.54) is 24.8 Å². The number of hydrazine groups is 1. The molecule has 3 nitrogen and oxygen atoms in total. The van der Waals surface area contributed by atoms with Crippen molar-refractivity contribution in [3.8, 4) is 6.07 Å². The van der Waals surface area contributed by atoms with Crippen LogP contribution in [0, 0.1) is 11.3 Å². The molecular formula is C15H21N3. The van der Waals surface area contributed by atoms with Crippen LogP contribution in [0.1, 0.15) is 31.2 Å². The maximum atomic E-state index is 9.20. The molecule has 1 aromatic carbocycles. The van der Waals surface area contributed by atoms with E-state index in [1.54, 1.807) is 0 Å².